The molecule has 0 aromatic carbocycles. The Labute approximate surface area is 140 Å². The smallest absolute Gasteiger partial charge is 0.223 e. The lowest BCUT2D eigenvalue weighted by Gasteiger charge is -2.35. The normalized spacial score (nSPS) is 19.7. The third-order valence-electron chi connectivity index (χ3n) is 4.76. The lowest BCUT2D eigenvalue weighted by Crippen LogP contribution is -2.51. The van der Waals surface area contributed by atoms with E-state index in [1.54, 1.807) is 0 Å². The van der Waals surface area contributed by atoms with Crippen LogP contribution in [0.1, 0.15) is 44.9 Å². The Morgan fingerprint density at radius 3 is 2.05 bits per heavy atom. The first-order valence-electron chi connectivity index (χ1n) is 8.41. The van der Waals surface area contributed by atoms with Crippen LogP contribution in [0.5, 0.6) is 0 Å². The van der Waals surface area contributed by atoms with E-state index in [2.05, 4.69) is 5.32 Å². The van der Waals surface area contributed by atoms with Crippen LogP contribution in [0.25, 0.3) is 0 Å². The van der Waals surface area contributed by atoms with Gasteiger partial charge in [0.25, 0.3) is 0 Å². The Balaban J connectivity index is 0.00000242. The number of rotatable bonds is 5. The van der Waals surface area contributed by atoms with Crippen molar-refractivity contribution in [1.82, 2.24) is 15.1 Å². The summed E-state index contributed by atoms with van der Waals surface area (Å²) in [7, 11) is 1.86. The van der Waals surface area contributed by atoms with Gasteiger partial charge in [0.2, 0.25) is 11.8 Å². The van der Waals surface area contributed by atoms with Gasteiger partial charge in [-0.3, -0.25) is 9.59 Å². The fraction of sp³-hybridized carbons (Fsp3) is 0.875. The van der Waals surface area contributed by atoms with E-state index in [4.69, 9.17) is 0 Å². The number of hydrogen-bond acceptors (Lipinski definition) is 3. The van der Waals surface area contributed by atoms with Gasteiger partial charge in [0.1, 0.15) is 0 Å². The van der Waals surface area contributed by atoms with Crippen LogP contribution >= 0.6 is 12.4 Å². The van der Waals surface area contributed by atoms with Crippen molar-refractivity contribution in [3.8, 4) is 0 Å². The highest BCUT2D eigenvalue weighted by Crippen LogP contribution is 2.27. The van der Waals surface area contributed by atoms with E-state index in [0.717, 1.165) is 6.54 Å². The molecule has 0 radical (unpaired) electrons. The van der Waals surface area contributed by atoms with E-state index in [0.29, 0.717) is 50.8 Å². The second kappa shape index (κ2) is 10.1. The molecule has 0 atom stereocenters. The maximum Gasteiger partial charge on any atom is 0.223 e. The molecule has 2 fully saturated rings. The second-order valence-electron chi connectivity index (χ2n) is 6.32. The van der Waals surface area contributed by atoms with Crippen LogP contribution in [0.15, 0.2) is 0 Å². The average Bonchev–Trinajstić information content (AvgIpc) is 2.53. The molecule has 1 N–H and O–H groups in total. The first-order chi connectivity index (χ1) is 10.2. The third kappa shape index (κ3) is 5.76. The molecular weight excluding hydrogens is 302 g/mol. The summed E-state index contributed by atoms with van der Waals surface area (Å²) in [5.74, 6) is 1.09. The minimum absolute atomic E-state index is 0. The molecule has 1 aliphatic carbocycles. The number of carbonyl (C=O) groups excluding carboxylic acids is 2. The van der Waals surface area contributed by atoms with Crippen LogP contribution in [0.4, 0.5) is 0 Å². The molecule has 1 saturated heterocycles. The number of nitrogens with zero attached hydrogens (tertiary/aromatic N) is 2. The first-order valence-corrected chi connectivity index (χ1v) is 8.41. The Hall–Kier alpha value is -0.810. The molecule has 128 valence electrons. The van der Waals surface area contributed by atoms with Gasteiger partial charge in [0.05, 0.1) is 0 Å². The van der Waals surface area contributed by atoms with Crippen molar-refractivity contribution in [3.05, 3.63) is 0 Å². The summed E-state index contributed by atoms with van der Waals surface area (Å²) in [5, 5.41) is 3.00. The summed E-state index contributed by atoms with van der Waals surface area (Å²) < 4.78 is 0. The van der Waals surface area contributed by atoms with Crippen molar-refractivity contribution in [1.29, 1.82) is 0 Å². The monoisotopic (exact) mass is 331 g/mol. The van der Waals surface area contributed by atoms with Crippen LogP contribution in [0.3, 0.4) is 0 Å². The maximum atomic E-state index is 12.3. The summed E-state index contributed by atoms with van der Waals surface area (Å²) in [6.45, 7) is 3.52. The highest BCUT2D eigenvalue weighted by Gasteiger charge is 2.25. The summed E-state index contributed by atoms with van der Waals surface area (Å²) in [6.07, 6.45) is 7.60. The van der Waals surface area contributed by atoms with Gasteiger partial charge >= 0.3 is 0 Å². The molecule has 0 unspecified atom stereocenters. The molecular formula is C16H30ClN3O2. The number of halogens is 1. The summed E-state index contributed by atoms with van der Waals surface area (Å²) in [5.41, 5.74) is 0. The lowest BCUT2D eigenvalue weighted by atomic mass is 9.86. The van der Waals surface area contributed by atoms with Crippen LogP contribution in [0.2, 0.25) is 0 Å². The van der Waals surface area contributed by atoms with Crippen molar-refractivity contribution in [2.75, 3.05) is 39.8 Å². The zero-order chi connectivity index (χ0) is 15.1. The zero-order valence-electron chi connectivity index (χ0n) is 13.7. The van der Waals surface area contributed by atoms with Crippen molar-refractivity contribution < 1.29 is 9.59 Å². The van der Waals surface area contributed by atoms with E-state index < -0.39 is 0 Å². The van der Waals surface area contributed by atoms with Crippen LogP contribution < -0.4 is 5.32 Å². The number of amides is 2. The topological polar surface area (TPSA) is 52.7 Å². The SMILES string of the molecule is CNCCC(=O)N1CCN(C(=O)CC2CCCCC2)CC1.Cl. The molecule has 2 rings (SSSR count). The van der Waals surface area contributed by atoms with Gasteiger partial charge in [0, 0.05) is 45.6 Å². The molecule has 1 heterocycles. The third-order valence-corrected chi connectivity index (χ3v) is 4.76. The summed E-state index contributed by atoms with van der Waals surface area (Å²) in [4.78, 5) is 28.1. The molecule has 0 aromatic heterocycles. The Bertz CT molecular complexity index is 351. The molecule has 0 spiro atoms. The van der Waals surface area contributed by atoms with Gasteiger partial charge in [-0.25, -0.2) is 0 Å². The van der Waals surface area contributed by atoms with Gasteiger partial charge in [-0.15, -0.1) is 12.4 Å². The van der Waals surface area contributed by atoms with E-state index in [1.165, 1.54) is 32.1 Å². The van der Waals surface area contributed by atoms with Crippen molar-refractivity contribution >= 4 is 24.2 Å². The van der Waals surface area contributed by atoms with Gasteiger partial charge in [-0.05, 0) is 25.8 Å². The van der Waals surface area contributed by atoms with Crippen molar-refractivity contribution in [2.24, 2.45) is 5.92 Å². The van der Waals surface area contributed by atoms with Crippen molar-refractivity contribution in [3.63, 3.8) is 0 Å². The molecule has 22 heavy (non-hydrogen) atoms. The van der Waals surface area contributed by atoms with Gasteiger partial charge in [-0.2, -0.15) is 0 Å². The Kier molecular flexibility index (Phi) is 8.79. The van der Waals surface area contributed by atoms with Crippen molar-refractivity contribution in [2.45, 2.75) is 44.9 Å². The zero-order valence-corrected chi connectivity index (χ0v) is 14.5. The van der Waals surface area contributed by atoms with Gasteiger partial charge < -0.3 is 15.1 Å². The number of hydrogen-bond donors (Lipinski definition) is 1. The van der Waals surface area contributed by atoms with Crippen LogP contribution in [-0.2, 0) is 9.59 Å². The fourth-order valence-corrected chi connectivity index (χ4v) is 3.36. The molecule has 5 nitrogen and oxygen atoms in total. The highest BCUT2D eigenvalue weighted by atomic mass is 35.5. The van der Waals surface area contributed by atoms with E-state index in [1.807, 2.05) is 16.8 Å². The second-order valence-corrected chi connectivity index (χ2v) is 6.32. The molecule has 1 aliphatic heterocycles. The van der Waals surface area contributed by atoms with Crippen LogP contribution in [-0.4, -0.2) is 61.4 Å². The number of carbonyl (C=O) groups is 2. The molecule has 2 amide bonds. The first kappa shape index (κ1) is 19.2. The predicted molar refractivity (Wildman–Crippen MR) is 90.1 cm³/mol. The highest BCUT2D eigenvalue weighted by molar-refractivity contribution is 5.85. The predicted octanol–water partition coefficient (Wildman–Crippen LogP) is 1.66. The standard InChI is InChI=1S/C16H29N3O2.ClH/c1-17-8-7-15(20)18-9-11-19(12-10-18)16(21)13-14-5-3-2-4-6-14;/h14,17H,2-13H2,1H3;1H. The van der Waals surface area contributed by atoms with E-state index >= 15 is 0 Å². The molecule has 0 aromatic rings. The summed E-state index contributed by atoms with van der Waals surface area (Å²) >= 11 is 0. The lowest BCUT2D eigenvalue weighted by molar-refractivity contribution is -0.140. The molecule has 1 saturated carbocycles. The average molecular weight is 332 g/mol. The van der Waals surface area contributed by atoms with Crippen LogP contribution in [0, 0.1) is 5.92 Å². The van der Waals surface area contributed by atoms with Gasteiger partial charge in [0.15, 0.2) is 0 Å². The number of piperazine rings is 1. The summed E-state index contributed by atoms with van der Waals surface area (Å²) in [6, 6.07) is 0. The minimum atomic E-state index is 0. The Morgan fingerprint density at radius 1 is 0.955 bits per heavy atom. The fourth-order valence-electron chi connectivity index (χ4n) is 3.36. The van der Waals surface area contributed by atoms with E-state index in [-0.39, 0.29) is 18.3 Å². The Morgan fingerprint density at radius 2 is 1.50 bits per heavy atom. The van der Waals surface area contributed by atoms with E-state index in [9.17, 15) is 9.59 Å². The number of nitrogens with one attached hydrogen (secondary N) is 1. The molecule has 0 bridgehead atoms. The molecule has 6 heteroatoms. The largest absolute Gasteiger partial charge is 0.339 e. The van der Waals surface area contributed by atoms with Gasteiger partial charge in [-0.1, -0.05) is 19.3 Å². The maximum absolute atomic E-state index is 12.3. The molecule has 2 aliphatic rings. The quantitative estimate of drug-likeness (QED) is 0.833. The minimum Gasteiger partial charge on any atom is -0.339 e.